The number of ether oxygens (including phenoxy) is 1. The smallest absolute Gasteiger partial charge is 0.274 e. The molecule has 0 unspecified atom stereocenters. The fourth-order valence-corrected chi connectivity index (χ4v) is 5.87. The van der Waals surface area contributed by atoms with Gasteiger partial charge >= 0.3 is 0 Å². The van der Waals surface area contributed by atoms with Crippen LogP contribution in [0.25, 0.3) is 44.6 Å². The number of H-pyrrole nitrogens is 2. The molecule has 1 atom stereocenters. The van der Waals surface area contributed by atoms with E-state index in [0.29, 0.717) is 41.3 Å². The molecule has 11 heteroatoms. The SMILES string of the molecule is C=CCCn1cc(-c2cc(C3([S@](C)(=N)=O)COC3)nc(-c3ccnc4[nH]ccc34)n2)c2cc[nH]c2c1=O. The van der Waals surface area contributed by atoms with Crippen molar-refractivity contribution in [2.75, 3.05) is 19.5 Å². The first kappa shape index (κ1) is 23.3. The summed E-state index contributed by atoms with van der Waals surface area (Å²) in [6.07, 6.45) is 10.8. The highest BCUT2D eigenvalue weighted by molar-refractivity contribution is 7.92. The third-order valence-corrected chi connectivity index (χ3v) is 8.89. The number of aryl methyl sites for hydroxylation is 1. The lowest BCUT2D eigenvalue weighted by Crippen LogP contribution is -2.52. The number of aromatic nitrogens is 6. The molecule has 188 valence electrons. The lowest BCUT2D eigenvalue weighted by atomic mass is 9.99. The third-order valence-electron chi connectivity index (χ3n) is 6.96. The Morgan fingerprint density at radius 3 is 2.70 bits per heavy atom. The minimum absolute atomic E-state index is 0.130. The van der Waals surface area contributed by atoms with Crippen molar-refractivity contribution in [3.05, 3.63) is 77.8 Å². The van der Waals surface area contributed by atoms with E-state index in [1.807, 2.05) is 18.2 Å². The van der Waals surface area contributed by atoms with Crippen molar-refractivity contribution in [1.29, 1.82) is 4.78 Å². The van der Waals surface area contributed by atoms with Gasteiger partial charge in [-0.25, -0.2) is 19.2 Å². The Bertz CT molecular complexity index is 1850. The molecule has 1 aliphatic rings. The van der Waals surface area contributed by atoms with Gasteiger partial charge in [0.2, 0.25) is 0 Å². The summed E-state index contributed by atoms with van der Waals surface area (Å²) in [6.45, 7) is 4.51. The predicted octanol–water partition coefficient (Wildman–Crippen LogP) is 3.81. The second kappa shape index (κ2) is 8.49. The van der Waals surface area contributed by atoms with E-state index in [2.05, 4.69) is 21.5 Å². The van der Waals surface area contributed by atoms with Crippen LogP contribution < -0.4 is 5.56 Å². The molecule has 6 heterocycles. The van der Waals surface area contributed by atoms with Gasteiger partial charge in [-0.05, 0) is 30.7 Å². The summed E-state index contributed by atoms with van der Waals surface area (Å²) in [5, 5.41) is 1.56. The molecule has 10 nitrogen and oxygen atoms in total. The number of rotatable bonds is 7. The molecule has 0 saturated carbocycles. The molecule has 0 aromatic carbocycles. The topological polar surface area (TPSA) is 142 Å². The first-order valence-corrected chi connectivity index (χ1v) is 13.7. The average molecular weight is 516 g/mol. The van der Waals surface area contributed by atoms with Crippen LogP contribution >= 0.6 is 0 Å². The van der Waals surface area contributed by atoms with Crippen molar-refractivity contribution < 1.29 is 8.95 Å². The van der Waals surface area contributed by atoms with Crippen LogP contribution in [0.2, 0.25) is 0 Å². The zero-order chi connectivity index (χ0) is 25.8. The molecule has 37 heavy (non-hydrogen) atoms. The summed E-state index contributed by atoms with van der Waals surface area (Å²) < 4.78 is 27.7. The van der Waals surface area contributed by atoms with Crippen LogP contribution in [0, 0.1) is 4.78 Å². The average Bonchev–Trinajstić information content (AvgIpc) is 3.52. The van der Waals surface area contributed by atoms with Crippen molar-refractivity contribution >= 4 is 31.7 Å². The Morgan fingerprint density at radius 2 is 1.97 bits per heavy atom. The van der Waals surface area contributed by atoms with Crippen LogP contribution in [-0.2, 0) is 25.8 Å². The minimum Gasteiger partial charge on any atom is -0.377 e. The molecule has 5 aromatic rings. The number of pyridine rings is 2. The Morgan fingerprint density at radius 1 is 1.19 bits per heavy atom. The van der Waals surface area contributed by atoms with Crippen LogP contribution in [-0.4, -0.2) is 53.2 Å². The second-order valence-electron chi connectivity index (χ2n) is 9.28. The fraction of sp³-hybridized carbons (Fsp3) is 0.231. The summed E-state index contributed by atoms with van der Waals surface area (Å²) in [5.74, 6) is 0.418. The molecule has 5 aromatic heterocycles. The van der Waals surface area contributed by atoms with Gasteiger partial charge in [-0.1, -0.05) is 6.08 Å². The molecular formula is C26H25N7O3S. The Hall–Kier alpha value is -4.09. The number of hydrogen-bond acceptors (Lipinski definition) is 7. The van der Waals surface area contributed by atoms with E-state index in [1.54, 1.807) is 41.5 Å². The van der Waals surface area contributed by atoms with Crippen molar-refractivity contribution in [2.24, 2.45) is 0 Å². The van der Waals surface area contributed by atoms with Crippen LogP contribution in [0.3, 0.4) is 0 Å². The van der Waals surface area contributed by atoms with Gasteiger partial charge in [0.1, 0.15) is 15.9 Å². The zero-order valence-electron chi connectivity index (χ0n) is 20.2. The first-order chi connectivity index (χ1) is 17.8. The standard InChI is InChI=1S/C26H25N7O3S/c1-3-4-11-33-13-19(16-5-8-28-22(16)25(33)34)20-12-21(26(14-36-15-26)37(2,27)35)32-24(31-20)18-7-10-30-23-17(18)6-9-29-23/h3,5-10,12-13,27-28H,1,4,11,14-15H2,2H3,(H,29,30)/t37-/m1/s1. The normalized spacial score (nSPS) is 16.5. The highest BCUT2D eigenvalue weighted by atomic mass is 32.2. The van der Waals surface area contributed by atoms with Crippen molar-refractivity contribution in [1.82, 2.24) is 29.5 Å². The minimum atomic E-state index is -3.08. The van der Waals surface area contributed by atoms with E-state index in [-0.39, 0.29) is 18.8 Å². The second-order valence-corrected chi connectivity index (χ2v) is 11.7. The van der Waals surface area contributed by atoms with Gasteiger partial charge in [-0.2, -0.15) is 0 Å². The van der Waals surface area contributed by atoms with E-state index in [0.717, 1.165) is 21.9 Å². The Labute approximate surface area is 212 Å². The summed E-state index contributed by atoms with van der Waals surface area (Å²) in [4.78, 5) is 33.4. The molecule has 3 N–H and O–H groups in total. The summed E-state index contributed by atoms with van der Waals surface area (Å²) in [5.41, 5.74) is 3.56. The highest BCUT2D eigenvalue weighted by Crippen LogP contribution is 2.40. The van der Waals surface area contributed by atoms with E-state index in [9.17, 15) is 9.00 Å². The van der Waals surface area contributed by atoms with E-state index in [4.69, 9.17) is 19.5 Å². The lowest BCUT2D eigenvalue weighted by Gasteiger charge is -2.40. The van der Waals surface area contributed by atoms with E-state index < -0.39 is 14.5 Å². The zero-order valence-corrected chi connectivity index (χ0v) is 21.0. The largest absolute Gasteiger partial charge is 0.377 e. The predicted molar refractivity (Wildman–Crippen MR) is 143 cm³/mol. The van der Waals surface area contributed by atoms with Crippen molar-refractivity contribution in [3.63, 3.8) is 0 Å². The Kier molecular flexibility index (Phi) is 5.35. The number of fused-ring (bicyclic) bond motifs is 2. The van der Waals surface area contributed by atoms with E-state index >= 15 is 0 Å². The van der Waals surface area contributed by atoms with Gasteiger partial charge < -0.3 is 19.3 Å². The van der Waals surface area contributed by atoms with Crippen LogP contribution in [0.5, 0.6) is 0 Å². The van der Waals surface area contributed by atoms with Crippen LogP contribution in [0.4, 0.5) is 0 Å². The van der Waals surface area contributed by atoms with Gasteiger partial charge in [-0.3, -0.25) is 9.57 Å². The van der Waals surface area contributed by atoms with Crippen molar-refractivity contribution in [2.45, 2.75) is 17.7 Å². The number of allylic oxidation sites excluding steroid dienone is 1. The number of nitrogens with one attached hydrogen (secondary N) is 3. The number of nitrogens with zero attached hydrogens (tertiary/aromatic N) is 4. The first-order valence-electron chi connectivity index (χ1n) is 11.8. The van der Waals surface area contributed by atoms with Gasteiger partial charge in [-0.15, -0.1) is 6.58 Å². The van der Waals surface area contributed by atoms with Gasteiger partial charge in [0.15, 0.2) is 5.82 Å². The quantitative estimate of drug-likeness (QED) is 0.281. The Balaban J connectivity index is 1.66. The molecule has 0 radical (unpaired) electrons. The molecule has 0 amide bonds. The molecular weight excluding hydrogens is 490 g/mol. The maximum atomic E-state index is 13.2. The summed E-state index contributed by atoms with van der Waals surface area (Å²) >= 11 is 0. The monoisotopic (exact) mass is 515 g/mol. The molecule has 1 fully saturated rings. The molecule has 1 aliphatic heterocycles. The van der Waals surface area contributed by atoms with Crippen LogP contribution in [0.1, 0.15) is 12.1 Å². The molecule has 1 saturated heterocycles. The van der Waals surface area contributed by atoms with Crippen molar-refractivity contribution in [3.8, 4) is 22.6 Å². The van der Waals surface area contributed by atoms with Crippen LogP contribution in [0.15, 0.2) is 66.5 Å². The maximum absolute atomic E-state index is 13.2. The van der Waals surface area contributed by atoms with E-state index in [1.165, 1.54) is 6.26 Å². The summed E-state index contributed by atoms with van der Waals surface area (Å²) in [6, 6.07) is 7.37. The highest BCUT2D eigenvalue weighted by Gasteiger charge is 2.49. The third kappa shape index (κ3) is 3.61. The molecule has 6 rings (SSSR count). The maximum Gasteiger partial charge on any atom is 0.274 e. The summed E-state index contributed by atoms with van der Waals surface area (Å²) in [7, 11) is -3.08. The molecule has 0 spiro atoms. The van der Waals surface area contributed by atoms with Gasteiger partial charge in [0, 0.05) is 59.5 Å². The number of hydrogen-bond donors (Lipinski definition) is 3. The van der Waals surface area contributed by atoms with Gasteiger partial charge in [0.05, 0.1) is 34.3 Å². The fourth-order valence-electron chi connectivity index (χ4n) is 4.75. The molecule has 0 bridgehead atoms. The molecule has 0 aliphatic carbocycles. The number of aromatic amines is 2. The van der Waals surface area contributed by atoms with Gasteiger partial charge in [0.25, 0.3) is 5.56 Å². The lowest BCUT2D eigenvalue weighted by molar-refractivity contribution is -0.0160.